The molecule has 0 saturated carbocycles. The van der Waals surface area contributed by atoms with Crippen molar-refractivity contribution in [1.29, 1.82) is 0 Å². The van der Waals surface area contributed by atoms with E-state index in [9.17, 15) is 13.2 Å². The van der Waals surface area contributed by atoms with Gasteiger partial charge in [-0.2, -0.15) is 4.31 Å². The lowest BCUT2D eigenvalue weighted by Crippen LogP contribution is -2.51. The highest BCUT2D eigenvalue weighted by Gasteiger charge is 2.37. The van der Waals surface area contributed by atoms with Gasteiger partial charge in [0.1, 0.15) is 0 Å². The minimum Gasteiger partial charge on any atom is -0.379 e. The number of benzene rings is 1. The van der Waals surface area contributed by atoms with Crippen molar-refractivity contribution in [3.63, 3.8) is 0 Å². The van der Waals surface area contributed by atoms with Crippen LogP contribution in [0.15, 0.2) is 24.3 Å². The fourth-order valence-electron chi connectivity index (χ4n) is 3.34. The summed E-state index contributed by atoms with van der Waals surface area (Å²) in [7, 11) is -3.38. The molecule has 2 fully saturated rings. The van der Waals surface area contributed by atoms with Crippen molar-refractivity contribution in [2.24, 2.45) is 0 Å². The first-order chi connectivity index (χ1) is 11.5. The number of amides is 1. The topological polar surface area (TPSA) is 66.9 Å². The number of nitrogens with zero attached hydrogens (tertiary/aromatic N) is 2. The normalized spacial score (nSPS) is 23.2. The highest BCUT2D eigenvalue weighted by molar-refractivity contribution is 7.89. The van der Waals surface area contributed by atoms with Crippen molar-refractivity contribution in [1.82, 2.24) is 9.21 Å². The summed E-state index contributed by atoms with van der Waals surface area (Å²) in [5.74, 6) is -0.0828. The van der Waals surface area contributed by atoms with Crippen molar-refractivity contribution in [3.8, 4) is 0 Å². The maximum atomic E-state index is 12.8. The van der Waals surface area contributed by atoms with Gasteiger partial charge in [0.2, 0.25) is 10.0 Å². The van der Waals surface area contributed by atoms with Gasteiger partial charge in [0.05, 0.1) is 18.5 Å². The van der Waals surface area contributed by atoms with Gasteiger partial charge in [0.25, 0.3) is 5.91 Å². The summed E-state index contributed by atoms with van der Waals surface area (Å²) in [6.07, 6.45) is 1.32. The molecule has 0 radical (unpaired) electrons. The molecule has 0 unspecified atom stereocenters. The molecule has 2 saturated heterocycles. The first-order valence-electron chi connectivity index (χ1n) is 8.41. The van der Waals surface area contributed by atoms with Crippen LogP contribution in [0.2, 0.25) is 0 Å². The van der Waals surface area contributed by atoms with Crippen LogP contribution in [0.3, 0.4) is 0 Å². The maximum absolute atomic E-state index is 12.8. The summed E-state index contributed by atoms with van der Waals surface area (Å²) in [5.41, 5.74) is 1.65. The van der Waals surface area contributed by atoms with Crippen LogP contribution >= 0.6 is 0 Å². The van der Waals surface area contributed by atoms with Crippen molar-refractivity contribution >= 4 is 15.9 Å². The molecular weight excluding hydrogens is 328 g/mol. The smallest absolute Gasteiger partial charge is 0.253 e. The number of likely N-dealkylation sites (tertiary alicyclic amines) is 1. The van der Waals surface area contributed by atoms with Gasteiger partial charge < -0.3 is 9.64 Å². The Kier molecular flexibility index (Phi) is 5.22. The van der Waals surface area contributed by atoms with E-state index in [1.807, 2.05) is 25.1 Å². The zero-order valence-corrected chi connectivity index (χ0v) is 14.8. The van der Waals surface area contributed by atoms with Crippen LogP contribution in [0.25, 0.3) is 0 Å². The fourth-order valence-corrected chi connectivity index (χ4v) is 5.25. The van der Waals surface area contributed by atoms with Gasteiger partial charge in [-0.05, 0) is 31.9 Å². The molecule has 1 amide bonds. The number of morpholine rings is 1. The second-order valence-corrected chi connectivity index (χ2v) is 8.65. The van der Waals surface area contributed by atoms with E-state index in [1.54, 1.807) is 11.0 Å². The van der Waals surface area contributed by atoms with Crippen LogP contribution < -0.4 is 0 Å². The number of hydrogen-bond acceptors (Lipinski definition) is 4. The summed E-state index contributed by atoms with van der Waals surface area (Å²) >= 11 is 0. The molecule has 6 nitrogen and oxygen atoms in total. The van der Waals surface area contributed by atoms with E-state index in [4.69, 9.17) is 4.74 Å². The van der Waals surface area contributed by atoms with Crippen LogP contribution in [0.1, 0.15) is 28.8 Å². The Morgan fingerprint density at radius 3 is 2.67 bits per heavy atom. The minimum atomic E-state index is -3.38. The van der Waals surface area contributed by atoms with Gasteiger partial charge in [-0.3, -0.25) is 4.79 Å². The second-order valence-electron chi connectivity index (χ2n) is 6.44. The molecule has 132 valence electrons. The third-order valence-electron chi connectivity index (χ3n) is 4.68. The first kappa shape index (κ1) is 17.4. The van der Waals surface area contributed by atoms with Gasteiger partial charge in [-0.1, -0.05) is 17.7 Å². The molecule has 3 rings (SSSR count). The van der Waals surface area contributed by atoms with Gasteiger partial charge >= 0.3 is 0 Å². The average molecular weight is 352 g/mol. The summed E-state index contributed by atoms with van der Waals surface area (Å²) < 4.78 is 32.4. The lowest BCUT2D eigenvalue weighted by atomic mass is 10.1. The molecule has 2 aliphatic heterocycles. The quantitative estimate of drug-likeness (QED) is 0.821. The number of piperidine rings is 1. The average Bonchev–Trinajstić information content (AvgIpc) is 2.62. The van der Waals surface area contributed by atoms with Crippen molar-refractivity contribution < 1.29 is 17.9 Å². The number of sulfonamides is 1. The molecule has 2 aliphatic rings. The standard InChI is InChI=1S/C17H24N2O4S/c1-14-4-2-5-15(12-14)17(20)18-7-3-6-16(13-18)24(21,22)19-8-10-23-11-9-19/h2,4-5,12,16H,3,6-11,13H2,1H3/t16-/m1/s1. The molecule has 0 aliphatic carbocycles. The SMILES string of the molecule is Cc1cccc(C(=O)N2CCC[C@@H](S(=O)(=O)N3CCOCC3)C2)c1. The highest BCUT2D eigenvalue weighted by Crippen LogP contribution is 2.22. The Labute approximate surface area is 143 Å². The second kappa shape index (κ2) is 7.21. The molecule has 0 spiro atoms. The third kappa shape index (κ3) is 3.63. The predicted molar refractivity (Wildman–Crippen MR) is 91.4 cm³/mol. The Bertz CT molecular complexity index is 698. The Morgan fingerprint density at radius 1 is 1.21 bits per heavy atom. The van der Waals surface area contributed by atoms with Crippen LogP contribution in [0.4, 0.5) is 0 Å². The first-order valence-corrected chi connectivity index (χ1v) is 9.91. The van der Waals surface area contributed by atoms with Gasteiger partial charge in [0.15, 0.2) is 0 Å². The molecule has 0 aromatic heterocycles. The third-order valence-corrected chi connectivity index (χ3v) is 6.99. The van der Waals surface area contributed by atoms with E-state index in [-0.39, 0.29) is 12.5 Å². The van der Waals surface area contributed by atoms with E-state index >= 15 is 0 Å². The van der Waals surface area contributed by atoms with E-state index in [0.29, 0.717) is 51.3 Å². The number of aryl methyl sites for hydroxylation is 1. The van der Waals surface area contributed by atoms with Crippen molar-refractivity contribution in [2.75, 3.05) is 39.4 Å². The molecule has 7 heteroatoms. The van der Waals surface area contributed by atoms with Crippen LogP contribution in [0, 0.1) is 6.92 Å². The van der Waals surface area contributed by atoms with Crippen LogP contribution in [0.5, 0.6) is 0 Å². The summed E-state index contributed by atoms with van der Waals surface area (Å²) in [5, 5.41) is -0.516. The molecule has 24 heavy (non-hydrogen) atoms. The number of ether oxygens (including phenoxy) is 1. The van der Waals surface area contributed by atoms with Gasteiger partial charge in [-0.15, -0.1) is 0 Å². The highest BCUT2D eigenvalue weighted by atomic mass is 32.2. The lowest BCUT2D eigenvalue weighted by molar-refractivity contribution is 0.0686. The summed E-state index contributed by atoms with van der Waals surface area (Å²) in [4.78, 5) is 14.4. The van der Waals surface area contributed by atoms with Gasteiger partial charge in [-0.25, -0.2) is 8.42 Å². The number of carbonyl (C=O) groups is 1. The monoisotopic (exact) mass is 352 g/mol. The van der Waals surface area contributed by atoms with Crippen LogP contribution in [-0.2, 0) is 14.8 Å². The Balaban J connectivity index is 1.73. The summed E-state index contributed by atoms with van der Waals surface area (Å²) in [6, 6.07) is 7.44. The zero-order valence-electron chi connectivity index (χ0n) is 14.0. The fraction of sp³-hybridized carbons (Fsp3) is 0.588. The zero-order chi connectivity index (χ0) is 17.2. The molecule has 0 N–H and O–H groups in total. The molecule has 2 heterocycles. The van der Waals surface area contributed by atoms with Gasteiger partial charge in [0, 0.05) is 31.7 Å². The minimum absolute atomic E-state index is 0.0828. The Hall–Kier alpha value is -1.44. The maximum Gasteiger partial charge on any atom is 0.253 e. The largest absolute Gasteiger partial charge is 0.379 e. The Morgan fingerprint density at radius 2 is 1.96 bits per heavy atom. The molecule has 0 bridgehead atoms. The van der Waals surface area contributed by atoms with E-state index in [1.165, 1.54) is 4.31 Å². The molecule has 1 aromatic rings. The van der Waals surface area contributed by atoms with E-state index in [2.05, 4.69) is 0 Å². The van der Waals surface area contributed by atoms with E-state index < -0.39 is 15.3 Å². The van der Waals surface area contributed by atoms with E-state index in [0.717, 1.165) is 5.56 Å². The number of rotatable bonds is 3. The molecule has 1 aromatic carbocycles. The predicted octanol–water partition coefficient (Wildman–Crippen LogP) is 1.26. The van der Waals surface area contributed by atoms with Crippen LogP contribution in [-0.4, -0.2) is 68.2 Å². The summed E-state index contributed by atoms with van der Waals surface area (Å²) in [6.45, 7) is 4.53. The van der Waals surface area contributed by atoms with Crippen molar-refractivity contribution in [3.05, 3.63) is 35.4 Å². The lowest BCUT2D eigenvalue weighted by Gasteiger charge is -2.36. The number of carbonyl (C=O) groups excluding carboxylic acids is 1. The molecule has 1 atom stereocenters. The molecular formula is C17H24N2O4S. The van der Waals surface area contributed by atoms with Crippen molar-refractivity contribution in [2.45, 2.75) is 25.0 Å². The number of hydrogen-bond donors (Lipinski definition) is 0.